The molecule has 1 heterocycles. The number of benzene rings is 2. The number of likely N-dealkylation sites (tertiary alicyclic amines) is 1. The van der Waals surface area contributed by atoms with E-state index in [0.717, 1.165) is 25.1 Å². The lowest BCUT2D eigenvalue weighted by atomic mass is 9.70. The van der Waals surface area contributed by atoms with Crippen LogP contribution in [0.1, 0.15) is 11.1 Å². The average Bonchev–Trinajstić information content (AvgIpc) is 2.59. The number of ether oxygens (including phenoxy) is 1. The SMILES string of the molecule is CN1CC(Cc2ccccc2)(c2ccc(F)c(OCCNC=O)c2)C1. The molecule has 0 bridgehead atoms. The maximum atomic E-state index is 14.1. The molecular weight excluding hydrogens is 319 g/mol. The number of carbonyl (C=O) groups excluding carboxylic acids is 1. The van der Waals surface area contributed by atoms with Crippen LogP contribution in [0.15, 0.2) is 48.5 Å². The molecule has 0 radical (unpaired) electrons. The maximum Gasteiger partial charge on any atom is 0.207 e. The summed E-state index contributed by atoms with van der Waals surface area (Å²) in [5.74, 6) is -0.135. The summed E-state index contributed by atoms with van der Waals surface area (Å²) in [6.45, 7) is 2.45. The van der Waals surface area contributed by atoms with Gasteiger partial charge in [-0.3, -0.25) is 4.79 Å². The fraction of sp³-hybridized carbons (Fsp3) is 0.350. The van der Waals surface area contributed by atoms with E-state index in [1.807, 2.05) is 30.3 Å². The molecule has 2 aromatic carbocycles. The molecule has 0 saturated carbocycles. The van der Waals surface area contributed by atoms with Gasteiger partial charge in [-0.2, -0.15) is 0 Å². The molecule has 0 unspecified atom stereocenters. The van der Waals surface area contributed by atoms with Crippen molar-refractivity contribution in [3.63, 3.8) is 0 Å². The Morgan fingerprint density at radius 2 is 2.00 bits per heavy atom. The van der Waals surface area contributed by atoms with E-state index in [1.165, 1.54) is 11.6 Å². The van der Waals surface area contributed by atoms with Crippen LogP contribution < -0.4 is 10.1 Å². The molecule has 0 spiro atoms. The van der Waals surface area contributed by atoms with E-state index in [9.17, 15) is 9.18 Å². The monoisotopic (exact) mass is 342 g/mol. The minimum Gasteiger partial charge on any atom is -0.489 e. The highest BCUT2D eigenvalue weighted by molar-refractivity contribution is 5.45. The molecule has 1 aliphatic heterocycles. The van der Waals surface area contributed by atoms with Crippen LogP contribution in [0, 0.1) is 5.82 Å². The molecule has 4 nitrogen and oxygen atoms in total. The van der Waals surface area contributed by atoms with Gasteiger partial charge in [-0.1, -0.05) is 36.4 Å². The van der Waals surface area contributed by atoms with Crippen molar-refractivity contribution in [2.75, 3.05) is 33.3 Å². The highest BCUT2D eigenvalue weighted by Crippen LogP contribution is 2.38. The number of nitrogens with one attached hydrogen (secondary N) is 1. The smallest absolute Gasteiger partial charge is 0.207 e. The molecular formula is C20H23FN2O2. The van der Waals surface area contributed by atoms with E-state index in [0.29, 0.717) is 13.0 Å². The molecule has 5 heteroatoms. The van der Waals surface area contributed by atoms with Crippen molar-refractivity contribution in [2.45, 2.75) is 11.8 Å². The lowest BCUT2D eigenvalue weighted by Gasteiger charge is -2.49. The zero-order valence-corrected chi connectivity index (χ0v) is 14.4. The lowest BCUT2D eigenvalue weighted by molar-refractivity contribution is -0.109. The number of rotatable bonds is 8. The fourth-order valence-corrected chi connectivity index (χ4v) is 3.59. The minimum absolute atomic E-state index is 0.0248. The van der Waals surface area contributed by atoms with E-state index in [-0.39, 0.29) is 23.6 Å². The van der Waals surface area contributed by atoms with Crippen molar-refractivity contribution >= 4 is 6.41 Å². The highest BCUT2D eigenvalue weighted by atomic mass is 19.1. The molecule has 0 aromatic heterocycles. The Labute approximate surface area is 147 Å². The van der Waals surface area contributed by atoms with Gasteiger partial charge in [0.1, 0.15) is 6.61 Å². The second-order valence-electron chi connectivity index (χ2n) is 6.68. The first-order chi connectivity index (χ1) is 12.1. The predicted octanol–water partition coefficient (Wildman–Crippen LogP) is 2.38. The summed E-state index contributed by atoms with van der Waals surface area (Å²) in [5.41, 5.74) is 2.34. The van der Waals surface area contributed by atoms with E-state index < -0.39 is 0 Å². The Hall–Kier alpha value is -2.40. The number of likely N-dealkylation sites (N-methyl/N-ethyl adjacent to an activating group) is 1. The van der Waals surface area contributed by atoms with E-state index in [2.05, 4.69) is 29.4 Å². The van der Waals surface area contributed by atoms with Gasteiger partial charge in [0, 0.05) is 18.5 Å². The molecule has 2 aromatic rings. The van der Waals surface area contributed by atoms with Crippen molar-refractivity contribution in [1.29, 1.82) is 0 Å². The average molecular weight is 342 g/mol. The Morgan fingerprint density at radius 1 is 1.24 bits per heavy atom. The number of hydrogen-bond acceptors (Lipinski definition) is 3. The summed E-state index contributed by atoms with van der Waals surface area (Å²) in [7, 11) is 2.09. The van der Waals surface area contributed by atoms with Crippen LogP contribution >= 0.6 is 0 Å². The normalized spacial score (nSPS) is 16.1. The van der Waals surface area contributed by atoms with Crippen molar-refractivity contribution in [2.24, 2.45) is 0 Å². The molecule has 132 valence electrons. The molecule has 25 heavy (non-hydrogen) atoms. The van der Waals surface area contributed by atoms with Crippen LogP contribution in [0.2, 0.25) is 0 Å². The second kappa shape index (κ2) is 7.66. The van der Waals surface area contributed by atoms with Crippen LogP contribution in [0.4, 0.5) is 4.39 Å². The van der Waals surface area contributed by atoms with Crippen molar-refractivity contribution in [3.05, 3.63) is 65.5 Å². The van der Waals surface area contributed by atoms with Crippen LogP contribution in [-0.4, -0.2) is 44.6 Å². The van der Waals surface area contributed by atoms with Gasteiger partial charge in [0.2, 0.25) is 6.41 Å². The summed E-state index contributed by atoms with van der Waals surface area (Å²) in [4.78, 5) is 12.5. The first-order valence-corrected chi connectivity index (χ1v) is 8.45. The molecule has 1 fully saturated rings. The first kappa shape index (κ1) is 17.4. The number of amides is 1. The zero-order chi connectivity index (χ0) is 17.7. The van der Waals surface area contributed by atoms with Crippen molar-refractivity contribution in [1.82, 2.24) is 10.2 Å². The molecule has 3 rings (SSSR count). The van der Waals surface area contributed by atoms with Gasteiger partial charge in [-0.25, -0.2) is 4.39 Å². The third kappa shape index (κ3) is 3.99. The second-order valence-corrected chi connectivity index (χ2v) is 6.68. The Bertz CT molecular complexity index is 715. The quantitative estimate of drug-likeness (QED) is 0.592. The largest absolute Gasteiger partial charge is 0.489 e. The van der Waals surface area contributed by atoms with Crippen LogP contribution in [-0.2, 0) is 16.6 Å². The summed E-state index contributed by atoms with van der Waals surface area (Å²) in [6.07, 6.45) is 1.52. The zero-order valence-electron chi connectivity index (χ0n) is 14.4. The Balaban J connectivity index is 1.80. The molecule has 1 saturated heterocycles. The summed E-state index contributed by atoms with van der Waals surface area (Å²) >= 11 is 0. The van der Waals surface area contributed by atoms with Gasteiger partial charge in [0.25, 0.3) is 0 Å². The number of nitrogens with zero attached hydrogens (tertiary/aromatic N) is 1. The fourth-order valence-electron chi connectivity index (χ4n) is 3.59. The number of carbonyl (C=O) groups is 1. The molecule has 1 aliphatic rings. The summed E-state index contributed by atoms with van der Waals surface area (Å²) in [6, 6.07) is 15.5. The third-order valence-electron chi connectivity index (χ3n) is 4.66. The number of hydrogen-bond donors (Lipinski definition) is 1. The van der Waals surface area contributed by atoms with Crippen LogP contribution in [0.25, 0.3) is 0 Å². The van der Waals surface area contributed by atoms with Crippen LogP contribution in [0.3, 0.4) is 0 Å². The van der Waals surface area contributed by atoms with Gasteiger partial charge in [-0.05, 0) is 36.7 Å². The maximum absolute atomic E-state index is 14.1. The minimum atomic E-state index is -0.377. The first-order valence-electron chi connectivity index (χ1n) is 8.45. The highest BCUT2D eigenvalue weighted by Gasteiger charge is 2.42. The summed E-state index contributed by atoms with van der Waals surface area (Å²) in [5, 5.41) is 2.51. The lowest BCUT2D eigenvalue weighted by Crippen LogP contribution is -2.58. The third-order valence-corrected chi connectivity index (χ3v) is 4.66. The van der Waals surface area contributed by atoms with Crippen molar-refractivity contribution < 1.29 is 13.9 Å². The molecule has 0 atom stereocenters. The van der Waals surface area contributed by atoms with Gasteiger partial charge >= 0.3 is 0 Å². The van der Waals surface area contributed by atoms with Gasteiger partial charge < -0.3 is 15.0 Å². The molecule has 0 aliphatic carbocycles. The van der Waals surface area contributed by atoms with Gasteiger partial charge in [-0.15, -0.1) is 0 Å². The van der Waals surface area contributed by atoms with Crippen molar-refractivity contribution in [3.8, 4) is 5.75 Å². The van der Waals surface area contributed by atoms with E-state index in [1.54, 1.807) is 0 Å². The van der Waals surface area contributed by atoms with Crippen LogP contribution in [0.5, 0.6) is 5.75 Å². The van der Waals surface area contributed by atoms with E-state index >= 15 is 0 Å². The predicted molar refractivity (Wildman–Crippen MR) is 95.3 cm³/mol. The molecule has 1 amide bonds. The van der Waals surface area contributed by atoms with Gasteiger partial charge in [0.05, 0.1) is 6.54 Å². The number of halogens is 1. The Morgan fingerprint density at radius 3 is 2.68 bits per heavy atom. The summed E-state index contributed by atoms with van der Waals surface area (Å²) < 4.78 is 19.6. The topological polar surface area (TPSA) is 41.6 Å². The standard InChI is InChI=1S/C20H23FN2O2/c1-23-13-20(14-23,12-16-5-3-2-4-6-16)17-7-8-18(21)19(11-17)25-10-9-22-15-24/h2-8,11,15H,9-10,12-14H2,1H3,(H,22,24). The van der Waals surface area contributed by atoms with E-state index in [4.69, 9.17) is 4.74 Å². The Kier molecular flexibility index (Phi) is 5.34. The molecule has 1 N–H and O–H groups in total. The van der Waals surface area contributed by atoms with Gasteiger partial charge in [0.15, 0.2) is 11.6 Å².